The van der Waals surface area contributed by atoms with E-state index in [2.05, 4.69) is 4.90 Å². The van der Waals surface area contributed by atoms with Crippen LogP contribution in [-0.4, -0.2) is 47.5 Å². The van der Waals surface area contributed by atoms with Crippen LogP contribution in [-0.2, 0) is 0 Å². The molecule has 20 heavy (non-hydrogen) atoms. The van der Waals surface area contributed by atoms with Gasteiger partial charge >= 0.3 is 0 Å². The molecular weight excluding hydrogens is 254 g/mol. The van der Waals surface area contributed by atoms with Gasteiger partial charge in [0.05, 0.1) is 18.8 Å². The summed E-state index contributed by atoms with van der Waals surface area (Å²) in [5.41, 5.74) is 0.315. The Morgan fingerprint density at radius 1 is 1.35 bits per heavy atom. The Morgan fingerprint density at radius 3 is 2.90 bits per heavy atom. The molecule has 0 aliphatic carbocycles. The predicted molar refractivity (Wildman–Crippen MR) is 78.9 cm³/mol. The fourth-order valence-corrected chi connectivity index (χ4v) is 2.70. The first-order valence-corrected chi connectivity index (χ1v) is 7.27. The van der Waals surface area contributed by atoms with Crippen molar-refractivity contribution in [2.75, 3.05) is 26.7 Å². The number of ether oxygens (including phenoxy) is 1. The molecule has 0 bridgehead atoms. The van der Waals surface area contributed by atoms with Crippen molar-refractivity contribution in [3.8, 4) is 5.75 Å². The lowest BCUT2D eigenvalue weighted by Gasteiger charge is -2.24. The first-order valence-electron chi connectivity index (χ1n) is 7.27. The molecular formula is C16H25NO3. The van der Waals surface area contributed by atoms with Crippen LogP contribution in [0.25, 0.3) is 0 Å². The van der Waals surface area contributed by atoms with E-state index in [0.29, 0.717) is 6.54 Å². The maximum absolute atomic E-state index is 10.4. The van der Waals surface area contributed by atoms with Gasteiger partial charge in [0.2, 0.25) is 0 Å². The molecule has 0 aromatic heterocycles. The summed E-state index contributed by atoms with van der Waals surface area (Å²) in [4.78, 5) is 2.23. The second-order valence-corrected chi connectivity index (χ2v) is 5.94. The maximum atomic E-state index is 10.4. The zero-order valence-corrected chi connectivity index (χ0v) is 12.4. The first-order chi connectivity index (χ1) is 9.50. The van der Waals surface area contributed by atoms with Gasteiger partial charge in [-0.15, -0.1) is 0 Å². The number of hydrogen-bond acceptors (Lipinski definition) is 4. The van der Waals surface area contributed by atoms with Gasteiger partial charge in [-0.05, 0) is 50.4 Å². The van der Waals surface area contributed by atoms with Crippen molar-refractivity contribution in [2.24, 2.45) is 0 Å². The summed E-state index contributed by atoms with van der Waals surface area (Å²) < 4.78 is 5.18. The van der Waals surface area contributed by atoms with Gasteiger partial charge in [-0.2, -0.15) is 0 Å². The van der Waals surface area contributed by atoms with E-state index in [1.807, 2.05) is 31.2 Å². The highest BCUT2D eigenvalue weighted by atomic mass is 16.5. The number of methoxy groups -OCH3 is 1. The Kier molecular flexibility index (Phi) is 5.02. The Balaban J connectivity index is 1.95. The highest BCUT2D eigenvalue weighted by Crippen LogP contribution is 2.24. The third-order valence-corrected chi connectivity index (χ3v) is 4.07. The fourth-order valence-electron chi connectivity index (χ4n) is 2.70. The van der Waals surface area contributed by atoms with Crippen molar-refractivity contribution in [2.45, 2.75) is 37.9 Å². The van der Waals surface area contributed by atoms with E-state index >= 15 is 0 Å². The second-order valence-electron chi connectivity index (χ2n) is 5.94. The Bertz CT molecular complexity index is 433. The molecule has 1 aromatic rings. The summed E-state index contributed by atoms with van der Waals surface area (Å²) in [7, 11) is 1.63. The van der Waals surface area contributed by atoms with Gasteiger partial charge in [0, 0.05) is 13.1 Å². The lowest BCUT2D eigenvalue weighted by Crippen LogP contribution is -2.31. The molecule has 0 spiro atoms. The predicted octanol–water partition coefficient (Wildman–Crippen LogP) is 1.97. The number of aliphatic hydroxyl groups is 2. The van der Waals surface area contributed by atoms with E-state index in [-0.39, 0.29) is 0 Å². The van der Waals surface area contributed by atoms with Crippen molar-refractivity contribution in [3.63, 3.8) is 0 Å². The summed E-state index contributed by atoms with van der Waals surface area (Å²) >= 11 is 0. The van der Waals surface area contributed by atoms with Crippen LogP contribution in [0.3, 0.4) is 0 Å². The number of benzene rings is 1. The van der Waals surface area contributed by atoms with Crippen molar-refractivity contribution >= 4 is 0 Å². The van der Waals surface area contributed by atoms with Crippen LogP contribution in [0.5, 0.6) is 5.75 Å². The summed E-state index contributed by atoms with van der Waals surface area (Å²) in [5, 5.41) is 20.4. The molecule has 2 unspecified atom stereocenters. The number of rotatable bonds is 4. The van der Waals surface area contributed by atoms with Crippen LogP contribution in [0.2, 0.25) is 0 Å². The summed E-state index contributed by atoms with van der Waals surface area (Å²) in [6, 6.07) is 7.56. The van der Waals surface area contributed by atoms with Crippen molar-refractivity contribution in [1.29, 1.82) is 0 Å². The van der Waals surface area contributed by atoms with E-state index in [1.165, 1.54) is 0 Å². The van der Waals surface area contributed by atoms with E-state index < -0.39 is 11.7 Å². The van der Waals surface area contributed by atoms with Gasteiger partial charge in [-0.1, -0.05) is 12.1 Å². The molecule has 2 atom stereocenters. The minimum atomic E-state index is -0.560. The highest BCUT2D eigenvalue weighted by molar-refractivity contribution is 5.29. The van der Waals surface area contributed by atoms with Gasteiger partial charge in [0.1, 0.15) is 5.75 Å². The van der Waals surface area contributed by atoms with Gasteiger partial charge in [-0.25, -0.2) is 0 Å². The third-order valence-electron chi connectivity index (χ3n) is 4.07. The average Bonchev–Trinajstić information content (AvgIpc) is 2.60. The van der Waals surface area contributed by atoms with Crippen LogP contribution in [0.15, 0.2) is 24.3 Å². The number of β-amino-alcohol motifs (C(OH)–C–C–N with tert-alkyl or cyclic N) is 1. The number of aliphatic hydroxyl groups excluding tert-OH is 1. The quantitative estimate of drug-likeness (QED) is 0.885. The highest BCUT2D eigenvalue weighted by Gasteiger charge is 2.25. The number of nitrogens with zero attached hydrogens (tertiary/aromatic N) is 1. The normalized spacial score (nSPS) is 26.0. The topological polar surface area (TPSA) is 52.9 Å². The van der Waals surface area contributed by atoms with E-state index in [9.17, 15) is 10.2 Å². The lowest BCUT2D eigenvalue weighted by atomic mass is 9.98. The van der Waals surface area contributed by atoms with Crippen LogP contribution in [0, 0.1) is 0 Å². The number of hydrogen-bond donors (Lipinski definition) is 2. The Labute approximate surface area is 121 Å². The van der Waals surface area contributed by atoms with E-state index in [0.717, 1.165) is 43.7 Å². The van der Waals surface area contributed by atoms with Gasteiger partial charge in [0.15, 0.2) is 0 Å². The SMILES string of the molecule is COc1cccc(C(O)CN2CCCC(C)(O)CC2)c1. The first kappa shape index (κ1) is 15.3. The monoisotopic (exact) mass is 279 g/mol. The molecule has 0 amide bonds. The van der Waals surface area contributed by atoms with Crippen molar-refractivity contribution in [3.05, 3.63) is 29.8 Å². The molecule has 0 radical (unpaired) electrons. The molecule has 2 rings (SSSR count). The van der Waals surface area contributed by atoms with Gasteiger partial charge < -0.3 is 19.8 Å². The fraction of sp³-hybridized carbons (Fsp3) is 0.625. The molecule has 4 heteroatoms. The molecule has 1 aromatic carbocycles. The molecule has 1 fully saturated rings. The lowest BCUT2D eigenvalue weighted by molar-refractivity contribution is 0.0420. The average molecular weight is 279 g/mol. The third kappa shape index (κ3) is 4.20. The molecule has 1 saturated heterocycles. The van der Waals surface area contributed by atoms with Crippen LogP contribution in [0.1, 0.15) is 37.9 Å². The largest absolute Gasteiger partial charge is 0.497 e. The summed E-state index contributed by atoms with van der Waals surface area (Å²) in [5.74, 6) is 0.764. The summed E-state index contributed by atoms with van der Waals surface area (Å²) in [6.45, 7) is 4.25. The molecule has 1 aliphatic heterocycles. The van der Waals surface area contributed by atoms with Crippen molar-refractivity contribution < 1.29 is 14.9 Å². The number of likely N-dealkylation sites (tertiary alicyclic amines) is 1. The van der Waals surface area contributed by atoms with Gasteiger partial charge in [-0.3, -0.25) is 0 Å². The van der Waals surface area contributed by atoms with Crippen molar-refractivity contribution in [1.82, 2.24) is 4.90 Å². The smallest absolute Gasteiger partial charge is 0.119 e. The Hall–Kier alpha value is -1.10. The van der Waals surface area contributed by atoms with Crippen LogP contribution >= 0.6 is 0 Å². The van der Waals surface area contributed by atoms with E-state index in [1.54, 1.807) is 7.11 Å². The van der Waals surface area contributed by atoms with Gasteiger partial charge in [0.25, 0.3) is 0 Å². The zero-order chi connectivity index (χ0) is 14.6. The van der Waals surface area contributed by atoms with E-state index in [4.69, 9.17) is 4.74 Å². The maximum Gasteiger partial charge on any atom is 0.119 e. The molecule has 1 aliphatic rings. The molecule has 0 saturated carbocycles. The molecule has 1 heterocycles. The second kappa shape index (κ2) is 6.57. The minimum Gasteiger partial charge on any atom is -0.497 e. The molecule has 2 N–H and O–H groups in total. The molecule has 4 nitrogen and oxygen atoms in total. The van der Waals surface area contributed by atoms with Crippen LogP contribution in [0.4, 0.5) is 0 Å². The Morgan fingerprint density at radius 2 is 2.15 bits per heavy atom. The zero-order valence-electron chi connectivity index (χ0n) is 12.4. The standard InChI is InChI=1S/C16H25NO3/c1-16(19)7-4-9-17(10-8-16)12-15(18)13-5-3-6-14(11-13)20-2/h3,5-6,11,15,18-19H,4,7-10,12H2,1-2H3. The summed E-state index contributed by atoms with van der Waals surface area (Å²) in [6.07, 6.45) is 2.04. The minimum absolute atomic E-state index is 0.520. The van der Waals surface area contributed by atoms with Crippen LogP contribution < -0.4 is 4.74 Å². The molecule has 112 valence electrons.